The van der Waals surface area contributed by atoms with E-state index in [0.29, 0.717) is 12.5 Å². The van der Waals surface area contributed by atoms with E-state index >= 15 is 0 Å². The van der Waals surface area contributed by atoms with Crippen molar-refractivity contribution in [3.05, 3.63) is 54.7 Å². The molecule has 0 bridgehead atoms. The summed E-state index contributed by atoms with van der Waals surface area (Å²) >= 11 is 0. The molecule has 0 aliphatic rings. The van der Waals surface area contributed by atoms with Gasteiger partial charge in [0.25, 0.3) is 0 Å². The van der Waals surface area contributed by atoms with Crippen LogP contribution in [0.4, 0.5) is 11.8 Å². The molecule has 6 heteroatoms. The Hall–Kier alpha value is -2.89. The van der Waals surface area contributed by atoms with Gasteiger partial charge >= 0.3 is 0 Å². The predicted octanol–water partition coefficient (Wildman–Crippen LogP) is 3.18. The molecular formula is C16H17N5O. The van der Waals surface area contributed by atoms with Crippen molar-refractivity contribution >= 4 is 11.8 Å². The van der Waals surface area contributed by atoms with Gasteiger partial charge in [0, 0.05) is 30.6 Å². The molecule has 3 heterocycles. The Morgan fingerprint density at radius 3 is 2.68 bits per heavy atom. The highest BCUT2D eigenvalue weighted by Crippen LogP contribution is 2.21. The number of nitrogens with one attached hydrogen (secondary N) is 2. The van der Waals surface area contributed by atoms with Crippen LogP contribution in [-0.2, 0) is 6.54 Å². The van der Waals surface area contributed by atoms with Gasteiger partial charge in [-0.05, 0) is 31.2 Å². The molecule has 2 N–H and O–H groups in total. The number of furan rings is 1. The molecule has 6 nitrogen and oxygen atoms in total. The van der Waals surface area contributed by atoms with Crippen LogP contribution in [0.1, 0.15) is 12.7 Å². The number of aromatic nitrogens is 3. The third-order valence-electron chi connectivity index (χ3n) is 3.06. The van der Waals surface area contributed by atoms with Crippen LogP contribution in [0.2, 0.25) is 0 Å². The van der Waals surface area contributed by atoms with Crippen molar-refractivity contribution in [1.82, 2.24) is 15.0 Å². The molecule has 0 aliphatic carbocycles. The number of rotatable bonds is 6. The summed E-state index contributed by atoms with van der Waals surface area (Å²) in [4.78, 5) is 13.0. The molecule has 0 atom stereocenters. The molecule has 0 saturated carbocycles. The van der Waals surface area contributed by atoms with Crippen molar-refractivity contribution in [3.8, 4) is 11.3 Å². The minimum Gasteiger partial charge on any atom is -0.467 e. The van der Waals surface area contributed by atoms with Gasteiger partial charge in [0.05, 0.1) is 18.5 Å². The van der Waals surface area contributed by atoms with Gasteiger partial charge in [0.15, 0.2) is 0 Å². The zero-order chi connectivity index (χ0) is 15.2. The summed E-state index contributed by atoms with van der Waals surface area (Å²) < 4.78 is 5.32. The minimum atomic E-state index is 0.575. The molecule has 0 fully saturated rings. The van der Waals surface area contributed by atoms with Crippen molar-refractivity contribution in [1.29, 1.82) is 0 Å². The summed E-state index contributed by atoms with van der Waals surface area (Å²) in [5.41, 5.74) is 1.84. The van der Waals surface area contributed by atoms with Crippen LogP contribution in [0.3, 0.4) is 0 Å². The predicted molar refractivity (Wildman–Crippen MR) is 85.5 cm³/mol. The summed E-state index contributed by atoms with van der Waals surface area (Å²) in [6.07, 6.45) is 5.16. The van der Waals surface area contributed by atoms with Crippen LogP contribution in [0.5, 0.6) is 0 Å². The van der Waals surface area contributed by atoms with Crippen LogP contribution in [0.25, 0.3) is 11.3 Å². The van der Waals surface area contributed by atoms with E-state index in [9.17, 15) is 0 Å². The van der Waals surface area contributed by atoms with E-state index in [1.807, 2.05) is 37.3 Å². The van der Waals surface area contributed by atoms with E-state index in [0.717, 1.165) is 29.4 Å². The lowest BCUT2D eigenvalue weighted by molar-refractivity contribution is 0.518. The first-order chi connectivity index (χ1) is 10.8. The first-order valence-corrected chi connectivity index (χ1v) is 7.15. The Bertz CT molecular complexity index is 713. The van der Waals surface area contributed by atoms with E-state index in [-0.39, 0.29) is 0 Å². The Morgan fingerprint density at radius 2 is 1.95 bits per heavy atom. The average molecular weight is 295 g/mol. The Balaban J connectivity index is 1.86. The molecule has 0 saturated heterocycles. The zero-order valence-corrected chi connectivity index (χ0v) is 12.3. The summed E-state index contributed by atoms with van der Waals surface area (Å²) in [5.74, 6) is 2.20. The normalized spacial score (nSPS) is 10.4. The van der Waals surface area contributed by atoms with Crippen LogP contribution in [0.15, 0.2) is 53.4 Å². The van der Waals surface area contributed by atoms with Crippen LogP contribution in [-0.4, -0.2) is 21.5 Å². The Kier molecular flexibility index (Phi) is 4.29. The smallest absolute Gasteiger partial charge is 0.225 e. The fraction of sp³-hybridized carbons (Fsp3) is 0.188. The maximum absolute atomic E-state index is 5.32. The fourth-order valence-corrected chi connectivity index (χ4v) is 2.04. The largest absolute Gasteiger partial charge is 0.467 e. The summed E-state index contributed by atoms with van der Waals surface area (Å²) in [7, 11) is 0. The summed E-state index contributed by atoms with van der Waals surface area (Å²) in [6, 6.07) is 9.55. The highest BCUT2D eigenvalue weighted by atomic mass is 16.3. The van der Waals surface area contributed by atoms with Gasteiger partial charge in [-0.1, -0.05) is 0 Å². The van der Waals surface area contributed by atoms with Crippen molar-refractivity contribution in [2.24, 2.45) is 0 Å². The van der Waals surface area contributed by atoms with E-state index in [4.69, 9.17) is 4.42 Å². The molecule has 3 rings (SSSR count). The maximum Gasteiger partial charge on any atom is 0.225 e. The molecule has 112 valence electrons. The van der Waals surface area contributed by atoms with Crippen LogP contribution < -0.4 is 10.6 Å². The van der Waals surface area contributed by atoms with E-state index in [1.54, 1.807) is 18.7 Å². The lowest BCUT2D eigenvalue weighted by Gasteiger charge is -2.10. The van der Waals surface area contributed by atoms with Gasteiger partial charge < -0.3 is 15.1 Å². The standard InChI is InChI=1S/C16H17N5O/c1-2-18-16-20-14(12-5-7-17-8-6-12)10-15(21-16)19-11-13-4-3-9-22-13/h3-10H,2,11H2,1H3,(H2,18,19,20,21). The molecule has 3 aromatic heterocycles. The number of hydrogen-bond donors (Lipinski definition) is 2. The number of anilines is 2. The second-order valence-electron chi connectivity index (χ2n) is 4.66. The third-order valence-corrected chi connectivity index (χ3v) is 3.06. The topological polar surface area (TPSA) is 75.9 Å². The van der Waals surface area contributed by atoms with Gasteiger partial charge in [-0.3, -0.25) is 4.98 Å². The van der Waals surface area contributed by atoms with Gasteiger partial charge in [-0.2, -0.15) is 4.98 Å². The highest BCUT2D eigenvalue weighted by Gasteiger charge is 2.07. The molecular weight excluding hydrogens is 278 g/mol. The van der Waals surface area contributed by atoms with Crippen molar-refractivity contribution < 1.29 is 4.42 Å². The first kappa shape index (κ1) is 14.1. The van der Waals surface area contributed by atoms with Crippen molar-refractivity contribution in [3.63, 3.8) is 0 Å². The molecule has 3 aromatic rings. The lowest BCUT2D eigenvalue weighted by atomic mass is 10.2. The number of nitrogens with zero attached hydrogens (tertiary/aromatic N) is 3. The molecule has 0 aromatic carbocycles. The lowest BCUT2D eigenvalue weighted by Crippen LogP contribution is -2.07. The fourth-order valence-electron chi connectivity index (χ4n) is 2.04. The monoisotopic (exact) mass is 295 g/mol. The Labute approximate surface area is 128 Å². The first-order valence-electron chi connectivity index (χ1n) is 7.15. The quantitative estimate of drug-likeness (QED) is 0.727. The molecule has 0 spiro atoms. The van der Waals surface area contributed by atoms with Crippen LogP contribution in [0, 0.1) is 0 Å². The minimum absolute atomic E-state index is 0.575. The SMILES string of the molecule is CCNc1nc(NCc2ccco2)cc(-c2ccncc2)n1. The second-order valence-corrected chi connectivity index (χ2v) is 4.66. The van der Waals surface area contributed by atoms with E-state index < -0.39 is 0 Å². The molecule has 0 amide bonds. The van der Waals surface area contributed by atoms with E-state index in [2.05, 4.69) is 25.6 Å². The molecule has 0 radical (unpaired) electrons. The Morgan fingerprint density at radius 1 is 1.09 bits per heavy atom. The summed E-state index contributed by atoms with van der Waals surface area (Å²) in [6.45, 7) is 3.35. The number of hydrogen-bond acceptors (Lipinski definition) is 6. The maximum atomic E-state index is 5.32. The van der Waals surface area contributed by atoms with Crippen molar-refractivity contribution in [2.45, 2.75) is 13.5 Å². The number of pyridine rings is 1. The average Bonchev–Trinajstić information content (AvgIpc) is 3.07. The van der Waals surface area contributed by atoms with E-state index in [1.165, 1.54) is 0 Å². The van der Waals surface area contributed by atoms with Crippen LogP contribution >= 0.6 is 0 Å². The molecule has 0 unspecified atom stereocenters. The zero-order valence-electron chi connectivity index (χ0n) is 12.3. The van der Waals surface area contributed by atoms with Gasteiger partial charge in [0.1, 0.15) is 11.6 Å². The molecule has 0 aliphatic heterocycles. The van der Waals surface area contributed by atoms with Gasteiger partial charge in [-0.25, -0.2) is 4.98 Å². The van der Waals surface area contributed by atoms with Gasteiger partial charge in [0.2, 0.25) is 5.95 Å². The summed E-state index contributed by atoms with van der Waals surface area (Å²) in [5, 5.41) is 6.41. The van der Waals surface area contributed by atoms with Crippen molar-refractivity contribution in [2.75, 3.05) is 17.2 Å². The highest BCUT2D eigenvalue weighted by molar-refractivity contribution is 5.63. The molecule has 22 heavy (non-hydrogen) atoms. The van der Waals surface area contributed by atoms with Gasteiger partial charge in [-0.15, -0.1) is 0 Å². The third kappa shape index (κ3) is 3.41. The second kappa shape index (κ2) is 6.71.